The lowest BCUT2D eigenvalue weighted by Crippen LogP contribution is -2.44. The number of aryl methyl sites for hydroxylation is 1. The minimum Gasteiger partial charge on any atom is -0.350 e. The summed E-state index contributed by atoms with van der Waals surface area (Å²) < 4.78 is 0. The Labute approximate surface area is 94.6 Å². The number of nitrogens with one attached hydrogen (secondary N) is 2. The van der Waals surface area contributed by atoms with Crippen LogP contribution in [0.4, 0.5) is 0 Å². The lowest BCUT2D eigenvalue weighted by molar-refractivity contribution is -0.121. The van der Waals surface area contributed by atoms with Gasteiger partial charge in [-0.2, -0.15) is 4.80 Å². The smallest absolute Gasteiger partial charge is 0.234 e. The molecule has 0 radical (unpaired) electrons. The van der Waals surface area contributed by atoms with Crippen molar-refractivity contribution in [2.24, 2.45) is 7.05 Å². The van der Waals surface area contributed by atoms with E-state index in [9.17, 15) is 4.79 Å². The van der Waals surface area contributed by atoms with Gasteiger partial charge in [-0.25, -0.2) is 0 Å². The molecule has 7 heteroatoms. The zero-order chi connectivity index (χ0) is 12.2. The normalized spacial score (nSPS) is 11.5. The lowest BCUT2D eigenvalue weighted by Gasteiger charge is -2.20. The molecule has 0 bridgehead atoms. The number of rotatable bonds is 4. The van der Waals surface area contributed by atoms with Crippen molar-refractivity contribution in [3.05, 3.63) is 5.82 Å². The number of hydrogen-bond acceptors (Lipinski definition) is 5. The molecule has 0 unspecified atom stereocenters. The van der Waals surface area contributed by atoms with Crippen molar-refractivity contribution >= 4 is 5.91 Å². The molecule has 0 aromatic carbocycles. The van der Waals surface area contributed by atoms with Crippen LogP contribution in [0.25, 0.3) is 0 Å². The Balaban J connectivity index is 2.23. The molecule has 0 aliphatic carbocycles. The number of nitrogens with zero attached hydrogens (tertiary/aromatic N) is 4. The molecule has 0 saturated heterocycles. The molecule has 0 saturated carbocycles. The van der Waals surface area contributed by atoms with Crippen LogP contribution in [0, 0.1) is 0 Å². The zero-order valence-corrected chi connectivity index (χ0v) is 10.1. The number of aromatic nitrogens is 4. The molecule has 0 spiro atoms. The van der Waals surface area contributed by atoms with Crippen LogP contribution in [0.5, 0.6) is 0 Å². The maximum atomic E-state index is 11.4. The largest absolute Gasteiger partial charge is 0.350 e. The summed E-state index contributed by atoms with van der Waals surface area (Å²) in [5.41, 5.74) is -0.205. The maximum absolute atomic E-state index is 11.4. The first-order valence-electron chi connectivity index (χ1n) is 5.11. The Hall–Kier alpha value is -1.50. The van der Waals surface area contributed by atoms with E-state index in [0.29, 0.717) is 12.4 Å². The number of carbonyl (C=O) groups excluding carboxylic acids is 1. The Bertz CT molecular complexity index is 353. The quantitative estimate of drug-likeness (QED) is 0.703. The third-order valence-corrected chi connectivity index (χ3v) is 1.63. The predicted molar refractivity (Wildman–Crippen MR) is 58.4 cm³/mol. The first kappa shape index (κ1) is 12.6. The van der Waals surface area contributed by atoms with Crippen LogP contribution in [-0.4, -0.2) is 38.2 Å². The molecule has 0 fully saturated rings. The fourth-order valence-electron chi connectivity index (χ4n) is 1.14. The fraction of sp³-hybridized carbons (Fsp3) is 0.778. The average molecular weight is 226 g/mol. The van der Waals surface area contributed by atoms with E-state index in [1.165, 1.54) is 4.80 Å². The molecule has 90 valence electrons. The summed E-state index contributed by atoms with van der Waals surface area (Å²) >= 11 is 0. The van der Waals surface area contributed by atoms with Crippen molar-refractivity contribution in [1.82, 2.24) is 30.8 Å². The van der Waals surface area contributed by atoms with E-state index >= 15 is 0 Å². The van der Waals surface area contributed by atoms with Gasteiger partial charge in [0.15, 0.2) is 5.82 Å². The molecule has 1 rings (SSSR count). The first-order valence-corrected chi connectivity index (χ1v) is 5.11. The summed E-state index contributed by atoms with van der Waals surface area (Å²) in [6, 6.07) is 0. The number of amides is 1. The standard InChI is InChI=1S/C9H18N6O/c1-9(2,3)11-8(16)6-10-5-7-12-14-15(4)13-7/h10H,5-6H2,1-4H3,(H,11,16). The molecular weight excluding hydrogens is 208 g/mol. The zero-order valence-electron chi connectivity index (χ0n) is 10.1. The fourth-order valence-corrected chi connectivity index (χ4v) is 1.14. The van der Waals surface area contributed by atoms with Crippen LogP contribution in [0.1, 0.15) is 26.6 Å². The number of hydrogen-bond donors (Lipinski definition) is 2. The Morgan fingerprint density at radius 3 is 2.62 bits per heavy atom. The molecule has 7 nitrogen and oxygen atoms in total. The summed E-state index contributed by atoms with van der Waals surface area (Å²) in [6.07, 6.45) is 0. The molecule has 0 atom stereocenters. The molecule has 2 N–H and O–H groups in total. The molecule has 1 aromatic heterocycles. The van der Waals surface area contributed by atoms with Gasteiger partial charge in [-0.15, -0.1) is 10.2 Å². The highest BCUT2D eigenvalue weighted by atomic mass is 16.2. The Morgan fingerprint density at radius 1 is 1.44 bits per heavy atom. The van der Waals surface area contributed by atoms with Gasteiger partial charge in [0.25, 0.3) is 0 Å². The monoisotopic (exact) mass is 226 g/mol. The predicted octanol–water partition coefficient (Wildman–Crippen LogP) is -0.786. The molecule has 1 heterocycles. The van der Waals surface area contributed by atoms with Gasteiger partial charge < -0.3 is 10.6 Å². The van der Waals surface area contributed by atoms with Crippen molar-refractivity contribution < 1.29 is 4.79 Å². The number of tetrazole rings is 1. The molecule has 0 aliphatic heterocycles. The van der Waals surface area contributed by atoms with Crippen LogP contribution in [-0.2, 0) is 18.4 Å². The molecule has 1 aromatic rings. The van der Waals surface area contributed by atoms with E-state index in [1.54, 1.807) is 7.05 Å². The Kier molecular flexibility index (Phi) is 3.94. The van der Waals surface area contributed by atoms with Crippen molar-refractivity contribution in [2.45, 2.75) is 32.9 Å². The SMILES string of the molecule is Cn1nnc(CNCC(=O)NC(C)(C)C)n1. The molecule has 16 heavy (non-hydrogen) atoms. The molecule has 1 amide bonds. The topological polar surface area (TPSA) is 84.7 Å². The maximum Gasteiger partial charge on any atom is 0.234 e. The van der Waals surface area contributed by atoms with Crippen LogP contribution >= 0.6 is 0 Å². The summed E-state index contributed by atoms with van der Waals surface area (Å²) in [7, 11) is 1.70. The number of carbonyl (C=O) groups is 1. The Morgan fingerprint density at radius 2 is 2.12 bits per heavy atom. The van der Waals surface area contributed by atoms with Crippen molar-refractivity contribution in [3.63, 3.8) is 0 Å². The summed E-state index contributed by atoms with van der Waals surface area (Å²) in [5.74, 6) is 0.530. The third-order valence-electron chi connectivity index (χ3n) is 1.63. The first-order chi connectivity index (χ1) is 7.37. The second-order valence-electron chi connectivity index (χ2n) is 4.60. The summed E-state index contributed by atoms with van der Waals surface area (Å²) in [4.78, 5) is 12.8. The van der Waals surface area contributed by atoms with E-state index in [4.69, 9.17) is 0 Å². The van der Waals surface area contributed by atoms with Crippen molar-refractivity contribution in [3.8, 4) is 0 Å². The van der Waals surface area contributed by atoms with Gasteiger partial charge in [-0.05, 0) is 26.0 Å². The lowest BCUT2D eigenvalue weighted by atomic mass is 10.1. The second kappa shape index (κ2) is 5.02. The van der Waals surface area contributed by atoms with E-state index in [1.807, 2.05) is 20.8 Å². The minimum atomic E-state index is -0.205. The van der Waals surface area contributed by atoms with Crippen molar-refractivity contribution in [1.29, 1.82) is 0 Å². The summed E-state index contributed by atoms with van der Waals surface area (Å²) in [5, 5.41) is 17.3. The van der Waals surface area contributed by atoms with Gasteiger partial charge in [-0.3, -0.25) is 4.79 Å². The van der Waals surface area contributed by atoms with Crippen LogP contribution in [0.15, 0.2) is 0 Å². The van der Waals surface area contributed by atoms with Crippen LogP contribution in [0.2, 0.25) is 0 Å². The van der Waals surface area contributed by atoms with E-state index < -0.39 is 0 Å². The van der Waals surface area contributed by atoms with E-state index in [-0.39, 0.29) is 18.0 Å². The molecular formula is C9H18N6O. The van der Waals surface area contributed by atoms with Gasteiger partial charge >= 0.3 is 0 Å². The highest BCUT2D eigenvalue weighted by Crippen LogP contribution is 1.97. The van der Waals surface area contributed by atoms with Crippen molar-refractivity contribution in [2.75, 3.05) is 6.54 Å². The second-order valence-corrected chi connectivity index (χ2v) is 4.60. The third kappa shape index (κ3) is 4.83. The van der Waals surface area contributed by atoms with Gasteiger partial charge in [0, 0.05) is 5.54 Å². The minimum absolute atomic E-state index is 0.0450. The van der Waals surface area contributed by atoms with E-state index in [2.05, 4.69) is 26.0 Å². The molecule has 0 aliphatic rings. The van der Waals surface area contributed by atoms with Gasteiger partial charge in [0.2, 0.25) is 5.91 Å². The van der Waals surface area contributed by atoms with Crippen LogP contribution in [0.3, 0.4) is 0 Å². The van der Waals surface area contributed by atoms with Crippen LogP contribution < -0.4 is 10.6 Å². The van der Waals surface area contributed by atoms with E-state index in [0.717, 1.165) is 0 Å². The summed E-state index contributed by atoms with van der Waals surface area (Å²) in [6.45, 7) is 6.50. The van der Waals surface area contributed by atoms with Gasteiger partial charge in [0.05, 0.1) is 20.1 Å². The average Bonchev–Trinajstić information content (AvgIpc) is 2.48. The highest BCUT2D eigenvalue weighted by Gasteiger charge is 2.13. The van der Waals surface area contributed by atoms with Gasteiger partial charge in [-0.1, -0.05) is 0 Å². The van der Waals surface area contributed by atoms with Gasteiger partial charge in [0.1, 0.15) is 0 Å². The highest BCUT2D eigenvalue weighted by molar-refractivity contribution is 5.78.